The molecule has 1 saturated heterocycles. The highest BCUT2D eigenvalue weighted by molar-refractivity contribution is 6.65. The molecule has 4 heteroatoms. The van der Waals surface area contributed by atoms with Crippen molar-refractivity contribution in [1.82, 2.24) is 4.57 Å². The minimum absolute atomic E-state index is 0.141. The van der Waals surface area contributed by atoms with Crippen LogP contribution in [0.4, 0.5) is 0 Å². The Kier molecular flexibility index (Phi) is 4.64. The van der Waals surface area contributed by atoms with Crippen LogP contribution in [0.3, 0.4) is 0 Å². The van der Waals surface area contributed by atoms with Crippen LogP contribution in [0.2, 0.25) is 0 Å². The van der Waals surface area contributed by atoms with Gasteiger partial charge in [0.2, 0.25) is 0 Å². The average molecular weight is 425 g/mol. The van der Waals surface area contributed by atoms with Crippen LogP contribution in [0.15, 0.2) is 66.9 Å². The van der Waals surface area contributed by atoms with Crippen molar-refractivity contribution >= 4 is 34.3 Å². The summed E-state index contributed by atoms with van der Waals surface area (Å²) >= 11 is 0. The molecule has 0 amide bonds. The number of fused-ring (bicyclic) bond motifs is 3. The van der Waals surface area contributed by atoms with Crippen LogP contribution in [0, 0.1) is 0 Å². The lowest BCUT2D eigenvalue weighted by Gasteiger charge is -2.32. The van der Waals surface area contributed by atoms with Crippen LogP contribution in [0.25, 0.3) is 27.4 Å². The molecule has 4 aromatic rings. The maximum atomic E-state index is 6.41. The minimum Gasteiger partial charge on any atom is -0.399 e. The van der Waals surface area contributed by atoms with Crippen molar-refractivity contribution in [2.24, 2.45) is 0 Å². The zero-order valence-corrected chi connectivity index (χ0v) is 20.2. The summed E-state index contributed by atoms with van der Waals surface area (Å²) in [5.74, 6) is 0. The highest BCUT2D eigenvalue weighted by Crippen LogP contribution is 2.38. The number of benzene rings is 3. The van der Waals surface area contributed by atoms with Gasteiger partial charge in [-0.05, 0) is 67.7 Å². The molecule has 2 heterocycles. The maximum Gasteiger partial charge on any atom is 0.495 e. The van der Waals surface area contributed by atoms with Gasteiger partial charge in [0, 0.05) is 22.7 Å². The summed E-state index contributed by atoms with van der Waals surface area (Å²) in [4.78, 5) is 0. The minimum atomic E-state index is -0.385. The van der Waals surface area contributed by atoms with E-state index >= 15 is 0 Å². The second-order valence-electron chi connectivity index (χ2n) is 11.0. The molecule has 5 rings (SSSR count). The Labute approximate surface area is 191 Å². The van der Waals surface area contributed by atoms with Crippen molar-refractivity contribution in [2.75, 3.05) is 0 Å². The summed E-state index contributed by atoms with van der Waals surface area (Å²) in [6, 6.07) is 21.9. The van der Waals surface area contributed by atoms with Gasteiger partial charge in [-0.2, -0.15) is 0 Å². The monoisotopic (exact) mass is 425 g/mol. The Morgan fingerprint density at radius 3 is 1.97 bits per heavy atom. The van der Waals surface area contributed by atoms with Crippen LogP contribution in [0.5, 0.6) is 0 Å². The second-order valence-corrected chi connectivity index (χ2v) is 11.0. The van der Waals surface area contributed by atoms with E-state index in [1.807, 2.05) is 0 Å². The molecule has 164 valence electrons. The molecule has 0 aliphatic carbocycles. The van der Waals surface area contributed by atoms with E-state index in [1.165, 1.54) is 32.9 Å². The van der Waals surface area contributed by atoms with E-state index in [0.29, 0.717) is 0 Å². The van der Waals surface area contributed by atoms with Gasteiger partial charge in [0.1, 0.15) is 0 Å². The van der Waals surface area contributed by atoms with E-state index < -0.39 is 0 Å². The van der Waals surface area contributed by atoms with E-state index in [0.717, 1.165) is 5.46 Å². The first-order chi connectivity index (χ1) is 15.0. The van der Waals surface area contributed by atoms with Gasteiger partial charge in [0.25, 0.3) is 0 Å². The van der Waals surface area contributed by atoms with E-state index in [4.69, 9.17) is 9.31 Å². The summed E-state index contributed by atoms with van der Waals surface area (Å²) in [7, 11) is -0.385. The van der Waals surface area contributed by atoms with Gasteiger partial charge in [-0.15, -0.1) is 0 Å². The summed E-state index contributed by atoms with van der Waals surface area (Å²) in [5.41, 5.74) is 4.22. The topological polar surface area (TPSA) is 23.4 Å². The third-order valence-corrected chi connectivity index (χ3v) is 7.24. The molecular weight excluding hydrogens is 393 g/mol. The number of aromatic nitrogens is 1. The van der Waals surface area contributed by atoms with Gasteiger partial charge < -0.3 is 13.9 Å². The molecule has 3 nitrogen and oxygen atoms in total. The van der Waals surface area contributed by atoms with E-state index in [-0.39, 0.29) is 23.7 Å². The predicted molar refractivity (Wildman–Crippen MR) is 135 cm³/mol. The van der Waals surface area contributed by atoms with Gasteiger partial charge >= 0.3 is 7.12 Å². The number of nitrogens with zero attached hydrogens (tertiary/aromatic N) is 1. The molecule has 1 aliphatic rings. The van der Waals surface area contributed by atoms with Gasteiger partial charge in [-0.1, -0.05) is 63.2 Å². The zero-order valence-electron chi connectivity index (χ0n) is 20.2. The van der Waals surface area contributed by atoms with Crippen LogP contribution in [-0.4, -0.2) is 22.9 Å². The van der Waals surface area contributed by atoms with Crippen molar-refractivity contribution in [2.45, 2.75) is 65.1 Å². The Balaban J connectivity index is 1.67. The lowest BCUT2D eigenvalue weighted by molar-refractivity contribution is 0.00578. The van der Waals surface area contributed by atoms with E-state index in [9.17, 15) is 0 Å². The van der Waals surface area contributed by atoms with Gasteiger partial charge in [-0.3, -0.25) is 0 Å². The molecule has 0 spiro atoms. The second kappa shape index (κ2) is 6.97. The Bertz CT molecular complexity index is 1290. The summed E-state index contributed by atoms with van der Waals surface area (Å²) < 4.78 is 15.1. The largest absolute Gasteiger partial charge is 0.495 e. The fraction of sp³-hybridized carbons (Fsp3) is 0.357. The average Bonchev–Trinajstić information content (AvgIpc) is 3.24. The fourth-order valence-electron chi connectivity index (χ4n) is 4.54. The predicted octanol–water partition coefficient (Wildman–Crippen LogP) is 6.38. The molecular formula is C28H32BNO2. The van der Waals surface area contributed by atoms with Crippen molar-refractivity contribution in [3.05, 3.63) is 72.4 Å². The van der Waals surface area contributed by atoms with Gasteiger partial charge in [0.05, 0.1) is 16.7 Å². The molecule has 0 unspecified atom stereocenters. The highest BCUT2D eigenvalue weighted by Gasteiger charge is 2.52. The lowest BCUT2D eigenvalue weighted by atomic mass is 9.75. The van der Waals surface area contributed by atoms with Gasteiger partial charge in [-0.25, -0.2) is 0 Å². The smallest absolute Gasteiger partial charge is 0.399 e. The molecule has 1 fully saturated rings. The standard InChI is InChI=1S/C28H32BNO2/c1-26(2,3)20-12-14-21(15-13-20)30-17-16-19-18-24(22-10-8-9-11-23(22)25(19)30)29-31-27(4,5)28(6,7)32-29/h8-18H,1-7H3. The number of hydrogen-bond donors (Lipinski definition) is 0. The summed E-state index contributed by atoms with van der Waals surface area (Å²) in [5, 5.41) is 3.57. The van der Waals surface area contributed by atoms with Crippen LogP contribution in [0.1, 0.15) is 54.0 Å². The van der Waals surface area contributed by atoms with Crippen molar-refractivity contribution in [3.8, 4) is 5.69 Å². The number of rotatable bonds is 2. The van der Waals surface area contributed by atoms with E-state index in [2.05, 4.69) is 120 Å². The first-order valence-corrected chi connectivity index (χ1v) is 11.5. The third kappa shape index (κ3) is 3.28. The van der Waals surface area contributed by atoms with Crippen LogP contribution in [-0.2, 0) is 14.7 Å². The zero-order chi connectivity index (χ0) is 22.9. The first-order valence-electron chi connectivity index (χ1n) is 11.5. The third-order valence-electron chi connectivity index (χ3n) is 7.24. The first kappa shape index (κ1) is 21.3. The van der Waals surface area contributed by atoms with Crippen molar-refractivity contribution in [1.29, 1.82) is 0 Å². The molecule has 1 aliphatic heterocycles. The molecule has 0 radical (unpaired) electrons. The Hall–Kier alpha value is -2.56. The highest BCUT2D eigenvalue weighted by atomic mass is 16.7. The molecule has 0 saturated carbocycles. The van der Waals surface area contributed by atoms with Crippen molar-refractivity contribution < 1.29 is 9.31 Å². The van der Waals surface area contributed by atoms with E-state index in [1.54, 1.807) is 0 Å². The molecule has 0 N–H and O–H groups in total. The molecule has 3 aromatic carbocycles. The van der Waals surface area contributed by atoms with Gasteiger partial charge in [0.15, 0.2) is 0 Å². The number of hydrogen-bond acceptors (Lipinski definition) is 2. The molecule has 0 bridgehead atoms. The van der Waals surface area contributed by atoms with Crippen LogP contribution < -0.4 is 5.46 Å². The quantitative estimate of drug-likeness (QED) is 0.348. The Morgan fingerprint density at radius 2 is 1.38 bits per heavy atom. The summed E-state index contributed by atoms with van der Waals surface area (Å²) in [6.45, 7) is 15.2. The molecule has 1 aromatic heterocycles. The normalized spacial score (nSPS) is 18.0. The summed E-state index contributed by atoms with van der Waals surface area (Å²) in [6.07, 6.45) is 2.16. The molecule has 0 atom stereocenters. The SMILES string of the molecule is CC(C)(C)c1ccc(-n2ccc3cc(B4OC(C)(C)C(C)(C)O4)c4ccccc4c32)cc1. The lowest BCUT2D eigenvalue weighted by Crippen LogP contribution is -2.41. The maximum absolute atomic E-state index is 6.41. The Morgan fingerprint density at radius 1 is 0.781 bits per heavy atom. The molecule has 32 heavy (non-hydrogen) atoms. The fourth-order valence-corrected chi connectivity index (χ4v) is 4.54. The van der Waals surface area contributed by atoms with Crippen molar-refractivity contribution in [3.63, 3.8) is 0 Å². The van der Waals surface area contributed by atoms with Crippen LogP contribution >= 0.6 is 0 Å².